The number of fused-ring (bicyclic) bond motifs is 2. The van der Waals surface area contributed by atoms with E-state index in [1.165, 1.54) is 16.7 Å². The monoisotopic (exact) mass is 537 g/mol. The number of aromatic amines is 1. The van der Waals surface area contributed by atoms with Gasteiger partial charge in [-0.25, -0.2) is 4.98 Å². The third-order valence-electron chi connectivity index (χ3n) is 6.82. The third-order valence-corrected chi connectivity index (χ3v) is 6.82. The molecule has 1 amide bonds. The minimum atomic E-state index is -0.146. The molecule has 0 radical (unpaired) electrons. The van der Waals surface area contributed by atoms with Crippen LogP contribution in [0.5, 0.6) is 0 Å². The first-order valence-corrected chi connectivity index (χ1v) is 14.3. The van der Waals surface area contributed by atoms with E-state index < -0.39 is 0 Å². The summed E-state index contributed by atoms with van der Waals surface area (Å²) in [6.07, 6.45) is 18.0. The molecule has 0 spiro atoms. The van der Waals surface area contributed by atoms with Gasteiger partial charge in [-0.3, -0.25) is 9.78 Å². The van der Waals surface area contributed by atoms with Gasteiger partial charge in [0.2, 0.25) is 5.91 Å². The number of allylic oxidation sites excluding steroid dienone is 4. The molecule has 0 fully saturated rings. The summed E-state index contributed by atoms with van der Waals surface area (Å²) in [5.74, 6) is 0.817. The molecule has 1 aromatic carbocycles. The highest BCUT2D eigenvalue weighted by atomic mass is 16.1. The fourth-order valence-electron chi connectivity index (χ4n) is 4.81. The van der Waals surface area contributed by atoms with Gasteiger partial charge in [-0.05, 0) is 60.7 Å². The normalized spacial score (nSPS) is 16.0. The number of benzene rings is 1. The summed E-state index contributed by atoms with van der Waals surface area (Å²) in [7, 11) is 0. The second-order valence-corrected chi connectivity index (χ2v) is 9.53. The van der Waals surface area contributed by atoms with Crippen LogP contribution < -0.4 is 10.6 Å². The van der Waals surface area contributed by atoms with E-state index in [4.69, 9.17) is 4.98 Å². The lowest BCUT2D eigenvalue weighted by Gasteiger charge is -2.32. The van der Waals surface area contributed by atoms with Gasteiger partial charge in [-0.2, -0.15) is 0 Å². The van der Waals surface area contributed by atoms with Crippen LogP contribution in [0.1, 0.15) is 70.3 Å². The predicted octanol–water partition coefficient (Wildman–Crippen LogP) is 7.17. The van der Waals surface area contributed by atoms with Crippen LogP contribution in [0.15, 0.2) is 97.0 Å². The molecule has 0 saturated heterocycles. The standard InChI is InChI=1S/C32H37N5O.C2H6/c1-5-7-11-17-33-18-15-22(3)32(38)37-28-20-24-12-9-10-14-25(24)30(26(28)13-8-6-2)23(4)31-35-27-16-19-34-21-29(27)36-31;1-2/h5,8-17,19,21,23,28,33H,1,6-7,18,20H2,2-4H3,(H,35,36)(H,37,38);1-2H3/b13-8-,17-11-,22-15+;. The minimum absolute atomic E-state index is 0.0112. The second-order valence-electron chi connectivity index (χ2n) is 9.53. The smallest absolute Gasteiger partial charge is 0.247 e. The molecular weight excluding hydrogens is 494 g/mol. The van der Waals surface area contributed by atoms with E-state index >= 15 is 0 Å². The molecule has 0 bridgehead atoms. The maximum atomic E-state index is 13.3. The molecule has 2 heterocycles. The Morgan fingerprint density at radius 3 is 2.77 bits per heavy atom. The van der Waals surface area contributed by atoms with Crippen molar-refractivity contribution in [3.05, 3.63) is 114 Å². The minimum Gasteiger partial charge on any atom is -0.388 e. The average molecular weight is 538 g/mol. The average Bonchev–Trinajstić information content (AvgIpc) is 3.42. The van der Waals surface area contributed by atoms with Crippen LogP contribution in [0.2, 0.25) is 0 Å². The number of pyridine rings is 1. The van der Waals surface area contributed by atoms with Crippen LogP contribution in [0.4, 0.5) is 0 Å². The first-order valence-electron chi connectivity index (χ1n) is 14.3. The number of rotatable bonds is 11. The van der Waals surface area contributed by atoms with Gasteiger partial charge in [0.15, 0.2) is 0 Å². The van der Waals surface area contributed by atoms with Gasteiger partial charge in [0.1, 0.15) is 5.82 Å². The van der Waals surface area contributed by atoms with Crippen molar-refractivity contribution in [2.75, 3.05) is 6.54 Å². The second kappa shape index (κ2) is 15.4. The number of aromatic nitrogens is 3. The van der Waals surface area contributed by atoms with Crippen molar-refractivity contribution in [1.82, 2.24) is 25.6 Å². The highest BCUT2D eigenvalue weighted by Gasteiger charge is 2.31. The topological polar surface area (TPSA) is 82.7 Å². The van der Waals surface area contributed by atoms with Crippen LogP contribution in [0.3, 0.4) is 0 Å². The van der Waals surface area contributed by atoms with Crippen molar-refractivity contribution < 1.29 is 4.79 Å². The molecule has 2 unspecified atom stereocenters. The largest absolute Gasteiger partial charge is 0.388 e. The highest BCUT2D eigenvalue weighted by Crippen LogP contribution is 2.41. The van der Waals surface area contributed by atoms with E-state index in [1.54, 1.807) is 6.20 Å². The molecule has 6 heteroatoms. The molecule has 4 rings (SSSR count). The molecule has 210 valence electrons. The van der Waals surface area contributed by atoms with E-state index in [9.17, 15) is 4.79 Å². The number of amides is 1. The molecule has 1 aliphatic rings. The number of hydrogen-bond acceptors (Lipinski definition) is 4. The van der Waals surface area contributed by atoms with Gasteiger partial charge in [-0.15, -0.1) is 6.58 Å². The van der Waals surface area contributed by atoms with Crippen molar-refractivity contribution in [3.8, 4) is 0 Å². The van der Waals surface area contributed by atoms with Crippen molar-refractivity contribution in [2.45, 2.75) is 65.8 Å². The third kappa shape index (κ3) is 7.47. The summed E-state index contributed by atoms with van der Waals surface area (Å²) in [6, 6.07) is 10.3. The number of imidazole rings is 1. The molecular formula is C34H43N5O. The van der Waals surface area contributed by atoms with E-state index in [2.05, 4.69) is 77.4 Å². The lowest BCUT2D eigenvalue weighted by atomic mass is 9.77. The first-order chi connectivity index (χ1) is 19.5. The van der Waals surface area contributed by atoms with Crippen molar-refractivity contribution >= 4 is 22.5 Å². The lowest BCUT2D eigenvalue weighted by molar-refractivity contribution is -0.117. The number of hydrogen-bond donors (Lipinski definition) is 3. The summed E-state index contributed by atoms with van der Waals surface area (Å²) in [4.78, 5) is 25.8. The molecule has 3 aromatic rings. The van der Waals surface area contributed by atoms with Gasteiger partial charge >= 0.3 is 0 Å². The van der Waals surface area contributed by atoms with E-state index in [1.807, 2.05) is 57.5 Å². The summed E-state index contributed by atoms with van der Waals surface area (Å²) in [5, 5.41) is 6.52. The van der Waals surface area contributed by atoms with Crippen LogP contribution in [0, 0.1) is 0 Å². The first kappa shape index (κ1) is 30.4. The fourth-order valence-corrected chi connectivity index (χ4v) is 4.81. The van der Waals surface area contributed by atoms with Crippen LogP contribution in [0.25, 0.3) is 16.6 Å². The Hall–Kier alpha value is -4.19. The Morgan fingerprint density at radius 1 is 1.23 bits per heavy atom. The number of H-pyrrole nitrogens is 1. The fraction of sp³-hybridized carbons (Fsp3) is 0.324. The van der Waals surface area contributed by atoms with Crippen molar-refractivity contribution in [2.24, 2.45) is 0 Å². The molecule has 2 aromatic heterocycles. The highest BCUT2D eigenvalue weighted by molar-refractivity contribution is 5.94. The van der Waals surface area contributed by atoms with Gasteiger partial charge in [0.25, 0.3) is 0 Å². The SMILES string of the molecule is C=CC/C=C\NC/C=C(\C)C(=O)NC1Cc2ccccc2C(C(C)c2nc3ccncc3[nH]2)=C1/C=C\CC.CC. The van der Waals surface area contributed by atoms with E-state index in [0.29, 0.717) is 12.1 Å². The number of nitrogens with one attached hydrogen (secondary N) is 3. The number of carbonyl (C=O) groups excluding carboxylic acids is 1. The lowest BCUT2D eigenvalue weighted by Crippen LogP contribution is -2.40. The van der Waals surface area contributed by atoms with Gasteiger partial charge in [0, 0.05) is 24.2 Å². The Kier molecular flexibility index (Phi) is 11.7. The van der Waals surface area contributed by atoms with Crippen molar-refractivity contribution in [1.29, 1.82) is 0 Å². The van der Waals surface area contributed by atoms with Crippen LogP contribution >= 0.6 is 0 Å². The molecule has 0 saturated carbocycles. The van der Waals surface area contributed by atoms with Crippen molar-refractivity contribution in [3.63, 3.8) is 0 Å². The van der Waals surface area contributed by atoms with E-state index in [-0.39, 0.29) is 17.9 Å². The van der Waals surface area contributed by atoms with E-state index in [0.717, 1.165) is 41.7 Å². The summed E-state index contributed by atoms with van der Waals surface area (Å²) < 4.78 is 0. The summed E-state index contributed by atoms with van der Waals surface area (Å²) >= 11 is 0. The molecule has 0 aliphatic heterocycles. The number of nitrogens with zero attached hydrogens (tertiary/aromatic N) is 2. The molecule has 1 aliphatic carbocycles. The Labute approximate surface area is 239 Å². The Balaban J connectivity index is 0.00000216. The zero-order valence-corrected chi connectivity index (χ0v) is 24.5. The van der Waals surface area contributed by atoms with Gasteiger partial charge < -0.3 is 15.6 Å². The zero-order valence-electron chi connectivity index (χ0n) is 24.5. The maximum Gasteiger partial charge on any atom is 0.247 e. The van der Waals surface area contributed by atoms with Crippen LogP contribution in [-0.4, -0.2) is 33.4 Å². The van der Waals surface area contributed by atoms with Gasteiger partial charge in [-0.1, -0.05) is 82.3 Å². The molecule has 3 N–H and O–H groups in total. The molecule has 6 nitrogen and oxygen atoms in total. The maximum absolute atomic E-state index is 13.3. The summed E-state index contributed by atoms with van der Waals surface area (Å²) in [5.41, 5.74) is 7.25. The quantitative estimate of drug-likeness (QED) is 0.138. The molecule has 2 atom stereocenters. The number of carbonyl (C=O) groups is 1. The summed E-state index contributed by atoms with van der Waals surface area (Å²) in [6.45, 7) is 14.5. The van der Waals surface area contributed by atoms with Gasteiger partial charge in [0.05, 0.1) is 23.3 Å². The Bertz CT molecular complexity index is 1380. The van der Waals surface area contributed by atoms with Crippen LogP contribution in [-0.2, 0) is 11.2 Å². The molecule has 40 heavy (non-hydrogen) atoms. The zero-order chi connectivity index (χ0) is 28.9. The Morgan fingerprint density at radius 2 is 2.02 bits per heavy atom. The predicted molar refractivity (Wildman–Crippen MR) is 168 cm³/mol.